The number of nitrogens with zero attached hydrogens (tertiary/aromatic N) is 2. The predicted molar refractivity (Wildman–Crippen MR) is 78.4 cm³/mol. The van der Waals surface area contributed by atoms with Gasteiger partial charge in [0.1, 0.15) is 5.76 Å². The van der Waals surface area contributed by atoms with E-state index in [4.69, 9.17) is 9.40 Å². The van der Waals surface area contributed by atoms with Crippen LogP contribution in [0, 0.1) is 0 Å². The maximum Gasteiger partial charge on any atom is 0.105 e. The van der Waals surface area contributed by atoms with Crippen LogP contribution in [0.3, 0.4) is 0 Å². The van der Waals surface area contributed by atoms with E-state index in [0.717, 1.165) is 35.5 Å². The largest absolute Gasteiger partial charge is 0.469 e. The van der Waals surface area contributed by atoms with Crippen LogP contribution >= 0.6 is 0 Å². The number of fused-ring (bicyclic) bond motifs is 1. The summed E-state index contributed by atoms with van der Waals surface area (Å²) in [7, 11) is 0. The van der Waals surface area contributed by atoms with Crippen molar-refractivity contribution >= 4 is 11.0 Å². The lowest BCUT2D eigenvalue weighted by molar-refractivity contribution is 0.450. The first-order chi connectivity index (χ1) is 9.86. The molecule has 0 aliphatic heterocycles. The summed E-state index contributed by atoms with van der Waals surface area (Å²) in [4.78, 5) is 9.19. The molecule has 1 aromatic carbocycles. The monoisotopic (exact) mass is 267 g/mol. The molecule has 0 amide bonds. The lowest BCUT2D eigenvalue weighted by atomic mass is 10.1. The van der Waals surface area contributed by atoms with Gasteiger partial charge in [-0.25, -0.2) is 4.98 Å². The quantitative estimate of drug-likeness (QED) is 0.771. The molecule has 1 unspecified atom stereocenters. The van der Waals surface area contributed by atoms with Crippen LogP contribution in [0.2, 0.25) is 0 Å². The van der Waals surface area contributed by atoms with Crippen molar-refractivity contribution in [2.45, 2.75) is 19.4 Å². The van der Waals surface area contributed by atoms with Crippen LogP contribution in [-0.2, 0) is 6.42 Å². The molecule has 0 saturated heterocycles. The summed E-state index contributed by atoms with van der Waals surface area (Å²) in [6, 6.07) is 11.9. The Labute approximate surface area is 117 Å². The summed E-state index contributed by atoms with van der Waals surface area (Å²) in [5.74, 6) is 0.950. The Morgan fingerprint density at radius 1 is 1.15 bits per heavy atom. The summed E-state index contributed by atoms with van der Waals surface area (Å²) in [5.41, 5.74) is 2.79. The second kappa shape index (κ2) is 5.84. The molecule has 3 aromatic rings. The van der Waals surface area contributed by atoms with Gasteiger partial charge in [0, 0.05) is 6.42 Å². The Morgan fingerprint density at radius 2 is 2.00 bits per heavy atom. The average Bonchev–Trinajstić information content (AvgIpc) is 2.99. The number of hydrogen-bond donors (Lipinski definition) is 1. The Kier molecular flexibility index (Phi) is 3.74. The fourth-order valence-electron chi connectivity index (χ4n) is 2.30. The molecule has 3 rings (SSSR count). The van der Waals surface area contributed by atoms with Gasteiger partial charge in [0.2, 0.25) is 0 Å². The molecule has 0 bridgehead atoms. The Hall–Kier alpha value is -2.20. The highest BCUT2D eigenvalue weighted by Crippen LogP contribution is 2.18. The topological polar surface area (TPSA) is 51.0 Å². The molecular weight excluding hydrogens is 250 g/mol. The third kappa shape index (κ3) is 2.70. The third-order valence-corrected chi connectivity index (χ3v) is 3.26. The molecule has 0 spiro atoms. The highest BCUT2D eigenvalue weighted by molar-refractivity contribution is 5.73. The van der Waals surface area contributed by atoms with Crippen molar-refractivity contribution in [3.63, 3.8) is 0 Å². The lowest BCUT2D eigenvalue weighted by Gasteiger charge is -2.16. The summed E-state index contributed by atoms with van der Waals surface area (Å²) < 4.78 is 5.43. The van der Waals surface area contributed by atoms with Crippen molar-refractivity contribution in [1.29, 1.82) is 0 Å². The van der Waals surface area contributed by atoms with E-state index in [2.05, 4.69) is 17.2 Å². The fourth-order valence-corrected chi connectivity index (χ4v) is 2.30. The van der Waals surface area contributed by atoms with Crippen LogP contribution in [-0.4, -0.2) is 16.5 Å². The highest BCUT2D eigenvalue weighted by Gasteiger charge is 2.15. The van der Waals surface area contributed by atoms with E-state index in [-0.39, 0.29) is 6.04 Å². The molecule has 0 saturated carbocycles. The summed E-state index contributed by atoms with van der Waals surface area (Å²) >= 11 is 0. The summed E-state index contributed by atoms with van der Waals surface area (Å²) in [6.07, 6.45) is 4.32. The van der Waals surface area contributed by atoms with Crippen LogP contribution in [0.15, 0.2) is 53.3 Å². The number of aromatic nitrogens is 2. The van der Waals surface area contributed by atoms with Crippen molar-refractivity contribution in [3.8, 4) is 0 Å². The van der Waals surface area contributed by atoms with E-state index in [0.29, 0.717) is 0 Å². The van der Waals surface area contributed by atoms with Crippen LogP contribution in [0.25, 0.3) is 11.0 Å². The maximum absolute atomic E-state index is 5.43. The Balaban J connectivity index is 1.91. The molecule has 20 heavy (non-hydrogen) atoms. The Morgan fingerprint density at radius 3 is 2.75 bits per heavy atom. The summed E-state index contributed by atoms with van der Waals surface area (Å²) in [5, 5.41) is 3.44. The molecule has 1 atom stereocenters. The molecule has 0 fully saturated rings. The number of benzene rings is 1. The van der Waals surface area contributed by atoms with Crippen molar-refractivity contribution in [3.05, 3.63) is 60.3 Å². The molecule has 0 aliphatic carbocycles. The van der Waals surface area contributed by atoms with Gasteiger partial charge >= 0.3 is 0 Å². The number of likely N-dealkylation sites (N-methyl/N-ethyl adjacent to an activating group) is 1. The van der Waals surface area contributed by atoms with Gasteiger partial charge < -0.3 is 9.73 Å². The van der Waals surface area contributed by atoms with Gasteiger partial charge in [-0.2, -0.15) is 0 Å². The van der Waals surface area contributed by atoms with E-state index >= 15 is 0 Å². The van der Waals surface area contributed by atoms with Crippen LogP contribution < -0.4 is 5.32 Å². The van der Waals surface area contributed by atoms with Gasteiger partial charge in [0.05, 0.1) is 35.2 Å². The molecule has 0 radical (unpaired) electrons. The number of rotatable bonds is 5. The molecule has 2 aromatic heterocycles. The second-order valence-corrected chi connectivity index (χ2v) is 4.68. The first-order valence-corrected chi connectivity index (χ1v) is 6.84. The average molecular weight is 267 g/mol. The normalized spacial score (nSPS) is 12.7. The zero-order chi connectivity index (χ0) is 13.8. The van der Waals surface area contributed by atoms with Gasteiger partial charge in [0.15, 0.2) is 0 Å². The van der Waals surface area contributed by atoms with E-state index in [1.807, 2.05) is 42.6 Å². The minimum atomic E-state index is 0.114. The van der Waals surface area contributed by atoms with Gasteiger partial charge in [-0.05, 0) is 30.8 Å². The predicted octanol–water partition coefficient (Wildman–Crippen LogP) is 3.12. The minimum Gasteiger partial charge on any atom is -0.469 e. The minimum absolute atomic E-state index is 0.114. The standard InChI is InChI=1S/C16H17N3O/c1-2-17-15(10-12-6-5-9-20-12)16-11-18-13-7-3-4-8-14(13)19-16/h3-9,11,15,17H,2,10H2,1H3. The Bertz CT molecular complexity index is 679. The van der Waals surface area contributed by atoms with Gasteiger partial charge in [-0.1, -0.05) is 19.1 Å². The number of furan rings is 1. The van der Waals surface area contributed by atoms with E-state index in [9.17, 15) is 0 Å². The van der Waals surface area contributed by atoms with E-state index in [1.165, 1.54) is 0 Å². The first kappa shape index (κ1) is 12.8. The van der Waals surface area contributed by atoms with E-state index < -0.39 is 0 Å². The molecule has 0 aliphatic rings. The first-order valence-electron chi connectivity index (χ1n) is 6.84. The third-order valence-electron chi connectivity index (χ3n) is 3.26. The van der Waals surface area contributed by atoms with Crippen LogP contribution in [0.5, 0.6) is 0 Å². The second-order valence-electron chi connectivity index (χ2n) is 4.68. The molecule has 4 nitrogen and oxygen atoms in total. The molecular formula is C16H17N3O. The number of hydrogen-bond acceptors (Lipinski definition) is 4. The summed E-state index contributed by atoms with van der Waals surface area (Å²) in [6.45, 7) is 2.96. The SMILES string of the molecule is CCNC(Cc1ccco1)c1cnc2ccccc2n1. The van der Waals surface area contributed by atoms with Crippen molar-refractivity contribution in [1.82, 2.24) is 15.3 Å². The number of para-hydroxylation sites is 2. The highest BCUT2D eigenvalue weighted by atomic mass is 16.3. The van der Waals surface area contributed by atoms with Crippen molar-refractivity contribution < 1.29 is 4.42 Å². The fraction of sp³-hybridized carbons (Fsp3) is 0.250. The molecule has 102 valence electrons. The van der Waals surface area contributed by atoms with Crippen molar-refractivity contribution in [2.24, 2.45) is 0 Å². The van der Waals surface area contributed by atoms with Crippen molar-refractivity contribution in [2.75, 3.05) is 6.54 Å². The maximum atomic E-state index is 5.43. The zero-order valence-electron chi connectivity index (χ0n) is 11.4. The smallest absolute Gasteiger partial charge is 0.105 e. The van der Waals surface area contributed by atoms with Crippen LogP contribution in [0.1, 0.15) is 24.4 Å². The van der Waals surface area contributed by atoms with E-state index in [1.54, 1.807) is 6.26 Å². The molecule has 4 heteroatoms. The van der Waals surface area contributed by atoms with Crippen LogP contribution in [0.4, 0.5) is 0 Å². The van der Waals surface area contributed by atoms with Gasteiger partial charge in [-0.15, -0.1) is 0 Å². The van der Waals surface area contributed by atoms with Gasteiger partial charge in [0.25, 0.3) is 0 Å². The van der Waals surface area contributed by atoms with Gasteiger partial charge in [-0.3, -0.25) is 4.98 Å². The molecule has 1 N–H and O–H groups in total. The zero-order valence-corrected chi connectivity index (χ0v) is 11.4. The lowest BCUT2D eigenvalue weighted by Crippen LogP contribution is -2.24. The number of nitrogens with one attached hydrogen (secondary N) is 1. The molecule has 2 heterocycles.